The molecule has 2 rings (SSSR count). The monoisotopic (exact) mass is 361 g/mol. The highest BCUT2D eigenvalue weighted by Gasteiger charge is 2.09. The van der Waals surface area contributed by atoms with Crippen LogP contribution < -0.4 is 10.1 Å². The predicted octanol–water partition coefficient (Wildman–Crippen LogP) is 4.35. The smallest absolute Gasteiger partial charge is 0.139 e. The van der Waals surface area contributed by atoms with Crippen LogP contribution in [0.3, 0.4) is 0 Å². The van der Waals surface area contributed by atoms with Crippen molar-refractivity contribution in [2.24, 2.45) is 0 Å². The Bertz CT molecular complexity index is 550. The molecule has 0 spiro atoms. The number of aromatic nitrogens is 2. The zero-order valence-electron chi connectivity index (χ0n) is 10.3. The third-order valence-corrected chi connectivity index (χ3v) is 3.88. The number of ether oxygens (including phenoxy) is 1. The number of nitrogens with one attached hydrogen (secondary N) is 1. The second-order valence-corrected chi connectivity index (χ2v) is 5.92. The minimum Gasteiger partial charge on any atom is -0.485 e. The van der Waals surface area contributed by atoms with Gasteiger partial charge in [-0.15, -0.1) is 5.10 Å². The van der Waals surface area contributed by atoms with Gasteiger partial charge in [-0.05, 0) is 24.6 Å². The van der Waals surface area contributed by atoms with E-state index >= 15 is 0 Å². The summed E-state index contributed by atoms with van der Waals surface area (Å²) >= 11 is 10.8. The molecule has 0 saturated heterocycles. The molecule has 0 saturated carbocycles. The van der Waals surface area contributed by atoms with Gasteiger partial charge in [0.2, 0.25) is 0 Å². The Kier molecular flexibility index (Phi) is 5.42. The number of anilines is 1. The van der Waals surface area contributed by atoms with Crippen LogP contribution in [-0.2, 0) is 6.61 Å². The first-order valence-electron chi connectivity index (χ1n) is 5.83. The molecule has 0 unspecified atom stereocenters. The lowest BCUT2D eigenvalue weighted by atomic mass is 10.3. The van der Waals surface area contributed by atoms with Crippen molar-refractivity contribution in [2.75, 3.05) is 11.9 Å². The first-order chi connectivity index (χ1) is 9.20. The van der Waals surface area contributed by atoms with E-state index in [1.54, 1.807) is 6.07 Å². The Labute approximate surface area is 129 Å². The van der Waals surface area contributed by atoms with Crippen LogP contribution in [-0.4, -0.2) is 16.1 Å². The van der Waals surface area contributed by atoms with Gasteiger partial charge in [-0.2, -0.15) is 0 Å². The maximum absolute atomic E-state index is 6.06. The summed E-state index contributed by atoms with van der Waals surface area (Å²) in [7, 11) is 0. The quantitative estimate of drug-likeness (QED) is 0.829. The van der Waals surface area contributed by atoms with Gasteiger partial charge < -0.3 is 10.1 Å². The van der Waals surface area contributed by atoms with Gasteiger partial charge in [0.15, 0.2) is 0 Å². The van der Waals surface area contributed by atoms with E-state index in [-0.39, 0.29) is 0 Å². The zero-order chi connectivity index (χ0) is 13.7. The summed E-state index contributed by atoms with van der Waals surface area (Å²) in [6.07, 6.45) is 1.05. The molecule has 0 radical (unpaired) electrons. The number of halogens is 2. The molecule has 0 fully saturated rings. The molecule has 19 heavy (non-hydrogen) atoms. The zero-order valence-corrected chi connectivity index (χ0v) is 13.5. The molecular weight excluding hydrogens is 350 g/mol. The fraction of sp³-hybridized carbons (Fsp3) is 0.333. The molecule has 4 nitrogen and oxygen atoms in total. The first kappa shape index (κ1) is 14.6. The SMILES string of the molecule is CCCNc1snnc1COc1cc(Br)ccc1Cl. The van der Waals surface area contributed by atoms with Crippen LogP contribution >= 0.6 is 39.1 Å². The number of hydrogen-bond acceptors (Lipinski definition) is 5. The van der Waals surface area contributed by atoms with Crippen molar-refractivity contribution in [3.05, 3.63) is 33.4 Å². The maximum atomic E-state index is 6.06. The fourth-order valence-electron chi connectivity index (χ4n) is 1.41. The highest BCUT2D eigenvalue weighted by atomic mass is 79.9. The summed E-state index contributed by atoms with van der Waals surface area (Å²) in [5.74, 6) is 0.630. The summed E-state index contributed by atoms with van der Waals surface area (Å²) in [4.78, 5) is 0. The molecular formula is C12H13BrClN3OS. The van der Waals surface area contributed by atoms with E-state index in [0.717, 1.165) is 28.1 Å². The van der Waals surface area contributed by atoms with Crippen molar-refractivity contribution in [1.29, 1.82) is 0 Å². The molecule has 1 aromatic heterocycles. The van der Waals surface area contributed by atoms with E-state index in [0.29, 0.717) is 17.4 Å². The molecule has 1 N–H and O–H groups in total. The Balaban J connectivity index is 2.02. The maximum Gasteiger partial charge on any atom is 0.139 e. The summed E-state index contributed by atoms with van der Waals surface area (Å²) < 4.78 is 10.5. The molecule has 0 bridgehead atoms. The van der Waals surface area contributed by atoms with Crippen LogP contribution in [0.15, 0.2) is 22.7 Å². The second-order valence-electron chi connectivity index (χ2n) is 3.84. The highest BCUT2D eigenvalue weighted by molar-refractivity contribution is 9.10. The van der Waals surface area contributed by atoms with Crippen molar-refractivity contribution in [3.63, 3.8) is 0 Å². The van der Waals surface area contributed by atoms with Crippen LogP contribution in [0.1, 0.15) is 19.0 Å². The van der Waals surface area contributed by atoms with Crippen LogP contribution in [0.5, 0.6) is 5.75 Å². The Morgan fingerprint density at radius 2 is 2.32 bits per heavy atom. The molecule has 0 aliphatic carbocycles. The van der Waals surface area contributed by atoms with E-state index in [1.165, 1.54) is 11.5 Å². The number of rotatable bonds is 6. The predicted molar refractivity (Wildman–Crippen MR) is 82.2 cm³/mol. The summed E-state index contributed by atoms with van der Waals surface area (Å²) in [6.45, 7) is 3.35. The summed E-state index contributed by atoms with van der Waals surface area (Å²) in [5, 5.41) is 8.87. The van der Waals surface area contributed by atoms with Gasteiger partial charge in [-0.1, -0.05) is 38.9 Å². The Hall–Kier alpha value is -0.850. The third-order valence-electron chi connectivity index (χ3n) is 2.35. The fourth-order valence-corrected chi connectivity index (χ4v) is 2.51. The number of hydrogen-bond donors (Lipinski definition) is 1. The van der Waals surface area contributed by atoms with E-state index in [2.05, 4.69) is 37.8 Å². The lowest BCUT2D eigenvalue weighted by Crippen LogP contribution is -2.03. The minimum absolute atomic E-state index is 0.346. The second kappa shape index (κ2) is 7.07. The molecule has 0 amide bonds. The average molecular weight is 363 g/mol. The molecule has 7 heteroatoms. The summed E-state index contributed by atoms with van der Waals surface area (Å²) in [6, 6.07) is 5.49. The van der Waals surface area contributed by atoms with Crippen LogP contribution in [0.4, 0.5) is 5.00 Å². The molecule has 0 aliphatic heterocycles. The minimum atomic E-state index is 0.346. The molecule has 102 valence electrons. The standard InChI is InChI=1S/C12H13BrClN3OS/c1-2-5-15-12-10(16-17-19-12)7-18-11-6-8(13)3-4-9(11)14/h3-4,6,15H,2,5,7H2,1H3. The lowest BCUT2D eigenvalue weighted by Gasteiger charge is -2.08. The van der Waals surface area contributed by atoms with Crippen molar-refractivity contribution < 1.29 is 4.74 Å². The number of nitrogens with zero attached hydrogens (tertiary/aromatic N) is 2. The van der Waals surface area contributed by atoms with Gasteiger partial charge >= 0.3 is 0 Å². The van der Waals surface area contributed by atoms with Gasteiger partial charge in [0, 0.05) is 22.5 Å². The van der Waals surface area contributed by atoms with Crippen LogP contribution in [0.25, 0.3) is 0 Å². The average Bonchev–Trinajstić information content (AvgIpc) is 2.85. The normalized spacial score (nSPS) is 10.5. The van der Waals surface area contributed by atoms with Gasteiger partial charge in [0.1, 0.15) is 23.1 Å². The largest absolute Gasteiger partial charge is 0.485 e. The van der Waals surface area contributed by atoms with Crippen molar-refractivity contribution in [2.45, 2.75) is 20.0 Å². The molecule has 2 aromatic rings. The van der Waals surface area contributed by atoms with E-state index < -0.39 is 0 Å². The molecule has 0 atom stereocenters. The topological polar surface area (TPSA) is 47.0 Å². The van der Waals surface area contributed by atoms with Crippen molar-refractivity contribution >= 4 is 44.1 Å². The lowest BCUT2D eigenvalue weighted by molar-refractivity contribution is 0.301. The Morgan fingerprint density at radius 3 is 3.11 bits per heavy atom. The first-order valence-corrected chi connectivity index (χ1v) is 7.78. The highest BCUT2D eigenvalue weighted by Crippen LogP contribution is 2.29. The summed E-state index contributed by atoms with van der Waals surface area (Å²) in [5.41, 5.74) is 0.800. The van der Waals surface area contributed by atoms with Crippen LogP contribution in [0, 0.1) is 0 Å². The van der Waals surface area contributed by atoms with Crippen molar-refractivity contribution in [1.82, 2.24) is 9.59 Å². The third kappa shape index (κ3) is 4.06. The number of benzene rings is 1. The van der Waals surface area contributed by atoms with Crippen molar-refractivity contribution in [3.8, 4) is 5.75 Å². The van der Waals surface area contributed by atoms with Gasteiger partial charge in [-0.25, -0.2) is 0 Å². The Morgan fingerprint density at radius 1 is 1.47 bits per heavy atom. The van der Waals surface area contributed by atoms with Gasteiger partial charge in [-0.3, -0.25) is 0 Å². The van der Waals surface area contributed by atoms with Gasteiger partial charge in [0.25, 0.3) is 0 Å². The van der Waals surface area contributed by atoms with E-state index in [1.807, 2.05) is 12.1 Å². The van der Waals surface area contributed by atoms with E-state index in [9.17, 15) is 0 Å². The molecule has 1 aromatic carbocycles. The van der Waals surface area contributed by atoms with Crippen LogP contribution in [0.2, 0.25) is 5.02 Å². The van der Waals surface area contributed by atoms with Gasteiger partial charge in [0.05, 0.1) is 5.02 Å². The molecule has 1 heterocycles. The van der Waals surface area contributed by atoms with E-state index in [4.69, 9.17) is 16.3 Å². The molecule has 0 aliphatic rings.